The summed E-state index contributed by atoms with van der Waals surface area (Å²) in [7, 11) is 0. The average Bonchev–Trinajstić information content (AvgIpc) is 2.51. The summed E-state index contributed by atoms with van der Waals surface area (Å²) in [5.41, 5.74) is 1.42. The Kier molecular flexibility index (Phi) is 2.54. The van der Waals surface area contributed by atoms with Gasteiger partial charge in [-0.15, -0.1) is 0 Å². The summed E-state index contributed by atoms with van der Waals surface area (Å²) in [4.78, 5) is 0. The second kappa shape index (κ2) is 3.64. The van der Waals surface area contributed by atoms with Gasteiger partial charge in [0.15, 0.2) is 0 Å². The molecule has 2 rings (SSSR count). The molecule has 1 aromatic rings. The summed E-state index contributed by atoms with van der Waals surface area (Å²) in [5.74, 6) is 1.11. The third-order valence-electron chi connectivity index (χ3n) is 1.94. The van der Waals surface area contributed by atoms with Gasteiger partial charge < -0.3 is 0 Å². The summed E-state index contributed by atoms with van der Waals surface area (Å²) < 4.78 is 8.33. The second-order valence-electron chi connectivity index (χ2n) is 2.75. The zero-order valence-electron chi connectivity index (χ0n) is 7.14. The van der Waals surface area contributed by atoms with Crippen molar-refractivity contribution in [2.24, 2.45) is 0 Å². The predicted octanol–water partition coefficient (Wildman–Crippen LogP) is -1.10. The molecular formula is C10H12IO-. The van der Waals surface area contributed by atoms with Crippen LogP contribution in [-0.2, 0) is 6.42 Å². The van der Waals surface area contributed by atoms with Crippen molar-refractivity contribution in [3.63, 3.8) is 0 Å². The topological polar surface area (TPSA) is 9.23 Å². The Balaban J connectivity index is 2.26. The molecule has 0 amide bonds. The van der Waals surface area contributed by atoms with Crippen LogP contribution in [0.25, 0.3) is 0 Å². The van der Waals surface area contributed by atoms with Crippen molar-refractivity contribution in [3.8, 4) is 5.75 Å². The van der Waals surface area contributed by atoms with Gasteiger partial charge in [-0.2, -0.15) is 0 Å². The van der Waals surface area contributed by atoms with E-state index >= 15 is 0 Å². The molecule has 0 aromatic heterocycles. The second-order valence-corrected chi connectivity index (χ2v) is 6.29. The minimum absolute atomic E-state index is 0.266. The summed E-state index contributed by atoms with van der Waals surface area (Å²) >= 11 is 0.266. The molecule has 1 nitrogen and oxygen atoms in total. The Hall–Kier alpha value is -0.250. The molecule has 12 heavy (non-hydrogen) atoms. The normalized spacial score (nSPS) is 14.4. The minimum atomic E-state index is 0.266. The van der Waals surface area contributed by atoms with E-state index in [1.807, 2.05) is 0 Å². The first-order valence-corrected chi connectivity index (χ1v) is 6.85. The maximum atomic E-state index is 5.44. The molecule has 0 aliphatic carbocycles. The number of fused-ring (bicyclic) bond motifs is 1. The fraction of sp³-hybridized carbons (Fsp3) is 0.400. The zero-order valence-corrected chi connectivity index (χ0v) is 9.30. The fourth-order valence-corrected chi connectivity index (χ4v) is 3.30. The summed E-state index contributed by atoms with van der Waals surface area (Å²) in [6.45, 7) is 3.14. The number of ether oxygens (including phenoxy) is 1. The molecule has 2 heteroatoms. The van der Waals surface area contributed by atoms with Crippen LogP contribution >= 0.6 is 0 Å². The molecule has 0 saturated carbocycles. The Morgan fingerprint density at radius 3 is 3.25 bits per heavy atom. The van der Waals surface area contributed by atoms with Gasteiger partial charge in [0.1, 0.15) is 0 Å². The van der Waals surface area contributed by atoms with E-state index in [1.165, 1.54) is 9.99 Å². The van der Waals surface area contributed by atoms with Gasteiger partial charge in [-0.1, -0.05) is 0 Å². The Labute approximate surface area is 83.4 Å². The first-order valence-electron chi connectivity index (χ1n) is 4.25. The standard InChI is InChI=1S/C10H12IO/c1-2-11-9-3-4-10-8(7-9)5-6-12-10/h3-4,7H,2,5-6H2,1H3/q-1. The summed E-state index contributed by atoms with van der Waals surface area (Å²) in [6.07, 6.45) is 1.11. The van der Waals surface area contributed by atoms with E-state index in [2.05, 4.69) is 25.1 Å². The van der Waals surface area contributed by atoms with Gasteiger partial charge >= 0.3 is 83.4 Å². The average molecular weight is 275 g/mol. The first kappa shape index (κ1) is 8.35. The molecule has 0 fully saturated rings. The van der Waals surface area contributed by atoms with E-state index < -0.39 is 0 Å². The van der Waals surface area contributed by atoms with Gasteiger partial charge in [0.05, 0.1) is 0 Å². The SMILES string of the molecule is CC[I-]c1ccc2c(c1)CCO2. The van der Waals surface area contributed by atoms with E-state index in [-0.39, 0.29) is 21.2 Å². The molecule has 0 saturated heterocycles. The molecule has 0 bridgehead atoms. The van der Waals surface area contributed by atoms with Gasteiger partial charge in [-0.3, -0.25) is 0 Å². The van der Waals surface area contributed by atoms with Crippen molar-refractivity contribution >= 4 is 0 Å². The van der Waals surface area contributed by atoms with Crippen molar-refractivity contribution in [1.29, 1.82) is 0 Å². The van der Waals surface area contributed by atoms with Crippen molar-refractivity contribution in [2.75, 3.05) is 11.0 Å². The third kappa shape index (κ3) is 1.58. The molecule has 0 unspecified atom stereocenters. The molecular weight excluding hydrogens is 263 g/mol. The van der Waals surface area contributed by atoms with Crippen LogP contribution in [0.15, 0.2) is 18.2 Å². The third-order valence-corrected chi connectivity index (χ3v) is 4.25. The van der Waals surface area contributed by atoms with Crippen LogP contribution in [0.3, 0.4) is 0 Å². The van der Waals surface area contributed by atoms with Gasteiger partial charge in [0.25, 0.3) is 0 Å². The Bertz CT molecular complexity index is 283. The van der Waals surface area contributed by atoms with Crippen LogP contribution in [0.4, 0.5) is 0 Å². The van der Waals surface area contributed by atoms with Gasteiger partial charge in [-0.25, -0.2) is 0 Å². The number of alkyl halides is 1. The van der Waals surface area contributed by atoms with Crippen LogP contribution in [0.5, 0.6) is 5.75 Å². The van der Waals surface area contributed by atoms with Crippen LogP contribution in [0, 0.1) is 3.57 Å². The quantitative estimate of drug-likeness (QED) is 0.492. The van der Waals surface area contributed by atoms with E-state index in [0.717, 1.165) is 18.8 Å². The number of hydrogen-bond donors (Lipinski definition) is 0. The summed E-state index contributed by atoms with van der Waals surface area (Å²) in [5, 5.41) is 0. The molecule has 1 aliphatic heterocycles. The van der Waals surface area contributed by atoms with Crippen LogP contribution < -0.4 is 25.9 Å². The molecule has 1 heterocycles. The fourth-order valence-electron chi connectivity index (χ4n) is 1.39. The number of halogens is 1. The molecule has 0 N–H and O–H groups in total. The number of hydrogen-bond acceptors (Lipinski definition) is 1. The van der Waals surface area contributed by atoms with E-state index in [4.69, 9.17) is 4.74 Å². The van der Waals surface area contributed by atoms with E-state index in [1.54, 1.807) is 3.57 Å². The van der Waals surface area contributed by atoms with Crippen molar-refractivity contribution in [1.82, 2.24) is 0 Å². The van der Waals surface area contributed by atoms with E-state index in [0.29, 0.717) is 0 Å². The van der Waals surface area contributed by atoms with Gasteiger partial charge in [-0.05, 0) is 0 Å². The Morgan fingerprint density at radius 1 is 1.50 bits per heavy atom. The van der Waals surface area contributed by atoms with Crippen molar-refractivity contribution in [3.05, 3.63) is 27.3 Å². The monoisotopic (exact) mass is 275 g/mol. The molecule has 0 spiro atoms. The molecule has 0 radical (unpaired) electrons. The van der Waals surface area contributed by atoms with Crippen LogP contribution in [-0.4, -0.2) is 11.0 Å². The first-order chi connectivity index (χ1) is 5.90. The van der Waals surface area contributed by atoms with Gasteiger partial charge in [0.2, 0.25) is 0 Å². The molecule has 1 aromatic carbocycles. The van der Waals surface area contributed by atoms with E-state index in [9.17, 15) is 0 Å². The number of rotatable bonds is 2. The zero-order chi connectivity index (χ0) is 8.39. The Morgan fingerprint density at radius 2 is 2.42 bits per heavy atom. The summed E-state index contributed by atoms with van der Waals surface area (Å²) in [6, 6.07) is 6.69. The van der Waals surface area contributed by atoms with Crippen molar-refractivity contribution < 1.29 is 25.9 Å². The molecule has 1 aliphatic rings. The predicted molar refractivity (Wildman–Crippen MR) is 44.9 cm³/mol. The maximum absolute atomic E-state index is 5.44. The molecule has 0 atom stereocenters. The molecule has 66 valence electrons. The number of benzene rings is 1. The van der Waals surface area contributed by atoms with Crippen molar-refractivity contribution in [2.45, 2.75) is 13.3 Å². The van der Waals surface area contributed by atoms with Gasteiger partial charge in [0, 0.05) is 0 Å². The van der Waals surface area contributed by atoms with Crippen LogP contribution in [0.1, 0.15) is 12.5 Å². The van der Waals surface area contributed by atoms with Crippen LogP contribution in [0.2, 0.25) is 0 Å².